The molecule has 1 saturated heterocycles. The molecular formula is C21H26BrClN2O3. The first-order chi connectivity index (χ1) is 13.7. The van der Waals surface area contributed by atoms with E-state index in [0.717, 1.165) is 67.3 Å². The van der Waals surface area contributed by atoms with Crippen molar-refractivity contribution in [2.75, 3.05) is 46.5 Å². The number of nitrogens with one attached hydrogen (secondary N) is 1. The fourth-order valence-corrected chi connectivity index (χ4v) is 3.73. The molecule has 2 aromatic rings. The van der Waals surface area contributed by atoms with Crippen LogP contribution in [0.15, 0.2) is 40.9 Å². The minimum atomic E-state index is 0.431. The quantitative estimate of drug-likeness (QED) is 0.560. The van der Waals surface area contributed by atoms with Crippen molar-refractivity contribution in [3.05, 3.63) is 57.0 Å². The van der Waals surface area contributed by atoms with Crippen LogP contribution in [0.4, 0.5) is 0 Å². The second-order valence-electron chi connectivity index (χ2n) is 6.64. The predicted octanol–water partition coefficient (Wildman–Crippen LogP) is 4.11. The number of hydrogen-bond acceptors (Lipinski definition) is 5. The Balaban J connectivity index is 1.54. The summed E-state index contributed by atoms with van der Waals surface area (Å²) in [6, 6.07) is 11.6. The van der Waals surface area contributed by atoms with Gasteiger partial charge in [0.05, 0.1) is 20.3 Å². The fourth-order valence-electron chi connectivity index (χ4n) is 3.06. The number of morpholine rings is 1. The summed E-state index contributed by atoms with van der Waals surface area (Å²) in [7, 11) is 1.66. The summed E-state index contributed by atoms with van der Waals surface area (Å²) in [6.45, 7) is 6.84. The van der Waals surface area contributed by atoms with Crippen LogP contribution in [0.3, 0.4) is 0 Å². The summed E-state index contributed by atoms with van der Waals surface area (Å²) in [6.07, 6.45) is 0. The first-order valence-corrected chi connectivity index (χ1v) is 10.6. The van der Waals surface area contributed by atoms with Gasteiger partial charge in [0, 0.05) is 42.2 Å². The average molecular weight is 470 g/mol. The summed E-state index contributed by atoms with van der Waals surface area (Å²) >= 11 is 9.69. The van der Waals surface area contributed by atoms with Crippen LogP contribution >= 0.6 is 27.5 Å². The molecule has 0 radical (unpaired) electrons. The Morgan fingerprint density at radius 1 is 1.18 bits per heavy atom. The zero-order chi connectivity index (χ0) is 19.8. The third kappa shape index (κ3) is 6.36. The van der Waals surface area contributed by atoms with Crippen LogP contribution in [0.25, 0.3) is 0 Å². The molecule has 1 fully saturated rings. The van der Waals surface area contributed by atoms with Gasteiger partial charge in [0.25, 0.3) is 0 Å². The van der Waals surface area contributed by atoms with E-state index in [1.54, 1.807) is 7.11 Å². The molecule has 1 N–H and O–H groups in total. The van der Waals surface area contributed by atoms with Gasteiger partial charge < -0.3 is 19.5 Å². The Morgan fingerprint density at radius 2 is 2.00 bits per heavy atom. The largest absolute Gasteiger partial charge is 0.493 e. The van der Waals surface area contributed by atoms with E-state index < -0.39 is 0 Å². The number of nitrogens with zero attached hydrogens (tertiary/aromatic N) is 1. The molecule has 28 heavy (non-hydrogen) atoms. The highest BCUT2D eigenvalue weighted by atomic mass is 79.9. The number of halogens is 2. The van der Waals surface area contributed by atoms with Crippen molar-refractivity contribution in [3.8, 4) is 11.5 Å². The van der Waals surface area contributed by atoms with Crippen molar-refractivity contribution < 1.29 is 14.2 Å². The SMILES string of the molecule is COc1cc(CNCCN2CCOCC2)c(Br)cc1OCc1cccc(Cl)c1. The lowest BCUT2D eigenvalue weighted by Crippen LogP contribution is -2.40. The van der Waals surface area contributed by atoms with Crippen molar-refractivity contribution in [1.29, 1.82) is 0 Å². The van der Waals surface area contributed by atoms with Gasteiger partial charge in [0.2, 0.25) is 0 Å². The zero-order valence-corrected chi connectivity index (χ0v) is 18.4. The standard InChI is InChI=1S/C21H26BrClN2O3/c1-26-20-12-17(14-24-5-6-25-7-9-27-10-8-25)19(22)13-21(20)28-15-16-3-2-4-18(23)11-16/h2-4,11-13,24H,5-10,14-15H2,1H3. The lowest BCUT2D eigenvalue weighted by atomic mass is 10.2. The minimum Gasteiger partial charge on any atom is -0.493 e. The first kappa shape index (κ1) is 21.4. The van der Waals surface area contributed by atoms with E-state index in [4.69, 9.17) is 25.8 Å². The van der Waals surface area contributed by atoms with Gasteiger partial charge in [-0.25, -0.2) is 0 Å². The van der Waals surface area contributed by atoms with Gasteiger partial charge in [-0.3, -0.25) is 4.90 Å². The highest BCUT2D eigenvalue weighted by molar-refractivity contribution is 9.10. The van der Waals surface area contributed by atoms with E-state index in [-0.39, 0.29) is 0 Å². The third-order valence-corrected chi connectivity index (χ3v) is 5.61. The van der Waals surface area contributed by atoms with Crippen molar-refractivity contribution >= 4 is 27.5 Å². The van der Waals surface area contributed by atoms with Gasteiger partial charge >= 0.3 is 0 Å². The molecule has 5 nitrogen and oxygen atoms in total. The van der Waals surface area contributed by atoms with Crippen LogP contribution < -0.4 is 14.8 Å². The third-order valence-electron chi connectivity index (χ3n) is 4.64. The molecule has 1 aliphatic heterocycles. The molecule has 7 heteroatoms. The van der Waals surface area contributed by atoms with Crippen molar-refractivity contribution in [3.63, 3.8) is 0 Å². The molecule has 1 aliphatic rings. The number of methoxy groups -OCH3 is 1. The van der Waals surface area contributed by atoms with Crippen LogP contribution in [0, 0.1) is 0 Å². The molecule has 1 heterocycles. The van der Waals surface area contributed by atoms with Gasteiger partial charge in [-0.2, -0.15) is 0 Å². The first-order valence-electron chi connectivity index (χ1n) is 9.40. The molecule has 0 bridgehead atoms. The molecular weight excluding hydrogens is 444 g/mol. The molecule has 0 aliphatic carbocycles. The minimum absolute atomic E-state index is 0.431. The number of hydrogen-bond donors (Lipinski definition) is 1. The van der Waals surface area contributed by atoms with Crippen molar-refractivity contribution in [2.24, 2.45) is 0 Å². The van der Waals surface area contributed by atoms with Gasteiger partial charge in [0.15, 0.2) is 11.5 Å². The normalized spacial score (nSPS) is 14.8. The fraction of sp³-hybridized carbons (Fsp3) is 0.429. The molecule has 3 rings (SSSR count). The van der Waals surface area contributed by atoms with Gasteiger partial charge in [-0.05, 0) is 35.4 Å². The van der Waals surface area contributed by atoms with Crippen LogP contribution in [-0.4, -0.2) is 51.4 Å². The molecule has 0 spiro atoms. The highest BCUT2D eigenvalue weighted by Gasteiger charge is 2.12. The second kappa shape index (κ2) is 11.0. The monoisotopic (exact) mass is 468 g/mol. The van der Waals surface area contributed by atoms with E-state index in [9.17, 15) is 0 Å². The molecule has 0 amide bonds. The summed E-state index contributed by atoms with van der Waals surface area (Å²) in [5, 5.41) is 4.20. The predicted molar refractivity (Wildman–Crippen MR) is 115 cm³/mol. The number of rotatable bonds is 9. The average Bonchev–Trinajstić information content (AvgIpc) is 2.71. The van der Waals surface area contributed by atoms with E-state index in [1.807, 2.05) is 36.4 Å². The molecule has 0 unspecified atom stereocenters. The van der Waals surface area contributed by atoms with Crippen molar-refractivity contribution in [1.82, 2.24) is 10.2 Å². The topological polar surface area (TPSA) is 43.0 Å². The van der Waals surface area contributed by atoms with Crippen molar-refractivity contribution in [2.45, 2.75) is 13.2 Å². The van der Waals surface area contributed by atoms with Crippen LogP contribution in [0.1, 0.15) is 11.1 Å². The van der Waals surface area contributed by atoms with E-state index in [1.165, 1.54) is 0 Å². The van der Waals surface area contributed by atoms with Crippen LogP contribution in [0.2, 0.25) is 5.02 Å². The zero-order valence-electron chi connectivity index (χ0n) is 16.0. The Labute approximate surface area is 180 Å². The second-order valence-corrected chi connectivity index (χ2v) is 7.93. The van der Waals surface area contributed by atoms with Gasteiger partial charge in [-0.15, -0.1) is 0 Å². The molecule has 0 atom stereocenters. The van der Waals surface area contributed by atoms with E-state index in [0.29, 0.717) is 17.4 Å². The number of ether oxygens (including phenoxy) is 3. The Kier molecular flexibility index (Phi) is 8.43. The molecule has 0 saturated carbocycles. The Hall–Kier alpha value is -1.31. The lowest BCUT2D eigenvalue weighted by Gasteiger charge is -2.26. The maximum absolute atomic E-state index is 6.04. The summed E-state index contributed by atoms with van der Waals surface area (Å²) < 4.78 is 17.9. The molecule has 2 aromatic carbocycles. The van der Waals surface area contributed by atoms with Gasteiger partial charge in [0.1, 0.15) is 6.61 Å². The Morgan fingerprint density at radius 3 is 2.75 bits per heavy atom. The highest BCUT2D eigenvalue weighted by Crippen LogP contribution is 2.34. The van der Waals surface area contributed by atoms with E-state index in [2.05, 4.69) is 26.1 Å². The summed E-state index contributed by atoms with van der Waals surface area (Å²) in [4.78, 5) is 2.42. The smallest absolute Gasteiger partial charge is 0.162 e. The molecule has 0 aromatic heterocycles. The number of benzene rings is 2. The van der Waals surface area contributed by atoms with Crippen LogP contribution in [-0.2, 0) is 17.9 Å². The van der Waals surface area contributed by atoms with Crippen LogP contribution in [0.5, 0.6) is 11.5 Å². The maximum Gasteiger partial charge on any atom is 0.162 e. The van der Waals surface area contributed by atoms with Gasteiger partial charge in [-0.1, -0.05) is 39.7 Å². The maximum atomic E-state index is 6.04. The lowest BCUT2D eigenvalue weighted by molar-refractivity contribution is 0.0384. The summed E-state index contributed by atoms with van der Waals surface area (Å²) in [5.41, 5.74) is 2.15. The molecule has 152 valence electrons. The van der Waals surface area contributed by atoms with E-state index >= 15 is 0 Å². The summed E-state index contributed by atoms with van der Waals surface area (Å²) in [5.74, 6) is 1.42. The Bertz CT molecular complexity index is 769.